The van der Waals surface area contributed by atoms with E-state index in [0.29, 0.717) is 11.1 Å². The number of thiocarbonyl (C=S) groups is 2. The summed E-state index contributed by atoms with van der Waals surface area (Å²) in [6.45, 7) is 0. The summed E-state index contributed by atoms with van der Waals surface area (Å²) in [5.41, 5.74) is 10.8. The summed E-state index contributed by atoms with van der Waals surface area (Å²) < 4.78 is 0. The van der Waals surface area contributed by atoms with Gasteiger partial charge in [-0.25, -0.2) is 0 Å². The SMILES string of the molecule is NC(=O)c1cccnc1.NC(=O)c1cccnc1.[Co+2].[N-]=C=S.[N-]=C=S.[OH3+].[OH3+]. The van der Waals surface area contributed by atoms with Gasteiger partial charge >= 0.3 is 16.8 Å². The second-order valence-electron chi connectivity index (χ2n) is 3.39. The molecule has 2 rings (SSSR count). The van der Waals surface area contributed by atoms with Crippen molar-refractivity contribution in [2.45, 2.75) is 0 Å². The molecule has 0 aliphatic rings. The van der Waals surface area contributed by atoms with Crippen LogP contribution in [0.15, 0.2) is 49.1 Å². The standard InChI is InChI=1S/2C6H6N2O.2CNS.Co.2H2O/c2*7-6(9)5-2-1-3-8-4-5;2*2-1-3;;;/h2*1-4H,(H2,7,9);;;;2*1H2/q;;2*-1;+2;;/p+2. The number of aromatic nitrogens is 2. The molecule has 0 spiro atoms. The molecule has 2 heterocycles. The number of primary amides is 2. The van der Waals surface area contributed by atoms with E-state index < -0.39 is 11.8 Å². The maximum absolute atomic E-state index is 10.4. The van der Waals surface area contributed by atoms with Crippen molar-refractivity contribution in [2.75, 3.05) is 0 Å². The number of nitrogens with zero attached hydrogens (tertiary/aromatic N) is 4. The number of carbonyl (C=O) groups is 2. The molecule has 0 aliphatic carbocycles. The van der Waals surface area contributed by atoms with E-state index in [4.69, 9.17) is 22.3 Å². The third-order valence-electron chi connectivity index (χ3n) is 1.89. The molecule has 0 saturated heterocycles. The molecule has 2 aromatic rings. The minimum atomic E-state index is -0.442. The molecule has 2 amide bonds. The van der Waals surface area contributed by atoms with Gasteiger partial charge in [-0.2, -0.15) is 10.3 Å². The Morgan fingerprint density at radius 3 is 1.22 bits per heavy atom. The molecule has 0 saturated carbocycles. The first-order chi connectivity index (χ1) is 11.4. The van der Waals surface area contributed by atoms with Crippen LogP contribution in [0.3, 0.4) is 0 Å². The number of pyridine rings is 2. The van der Waals surface area contributed by atoms with Gasteiger partial charge in [-0.05, 0) is 24.3 Å². The molecule has 13 heteroatoms. The topological polar surface area (TPSA) is 223 Å². The number of rotatable bonds is 2. The van der Waals surface area contributed by atoms with Crippen molar-refractivity contribution < 1.29 is 37.3 Å². The van der Waals surface area contributed by atoms with Gasteiger partial charge in [0.25, 0.3) is 0 Å². The predicted molar refractivity (Wildman–Crippen MR) is 107 cm³/mol. The fourth-order valence-electron chi connectivity index (χ4n) is 1.02. The maximum atomic E-state index is 10.4. The van der Waals surface area contributed by atoms with E-state index in [1.165, 1.54) is 22.7 Å². The van der Waals surface area contributed by atoms with Crippen molar-refractivity contribution in [3.63, 3.8) is 0 Å². The quantitative estimate of drug-likeness (QED) is 0.353. The number of isothiocyanates is 2. The zero-order chi connectivity index (χ0) is 18.8. The van der Waals surface area contributed by atoms with Crippen molar-refractivity contribution in [3.8, 4) is 0 Å². The van der Waals surface area contributed by atoms with Gasteiger partial charge in [0.15, 0.2) is 0 Å². The van der Waals surface area contributed by atoms with Crippen LogP contribution in [0.5, 0.6) is 0 Å². The smallest absolute Gasteiger partial charge is 0.753 e. The summed E-state index contributed by atoms with van der Waals surface area (Å²) >= 11 is 7.40. The van der Waals surface area contributed by atoms with Gasteiger partial charge in [0, 0.05) is 24.8 Å². The Morgan fingerprint density at radius 2 is 1.11 bits per heavy atom. The Kier molecular flexibility index (Phi) is 33.4. The third kappa shape index (κ3) is 23.3. The molecule has 0 aliphatic heterocycles. The summed E-state index contributed by atoms with van der Waals surface area (Å²) in [5.74, 6) is -0.883. The van der Waals surface area contributed by atoms with E-state index in [0.717, 1.165) is 0 Å². The first-order valence-electron chi connectivity index (χ1n) is 5.86. The van der Waals surface area contributed by atoms with Crippen LogP contribution in [-0.4, -0.2) is 32.1 Å². The van der Waals surface area contributed by atoms with Gasteiger partial charge in [-0.3, -0.25) is 19.6 Å². The van der Waals surface area contributed by atoms with E-state index in [1.807, 2.05) is 0 Å². The number of hydrogen-bond acceptors (Lipinski definition) is 6. The van der Waals surface area contributed by atoms with Crippen LogP contribution >= 0.6 is 24.4 Å². The molecular formula is C14H18CoN6O4S2+2. The van der Waals surface area contributed by atoms with E-state index in [9.17, 15) is 9.59 Å². The molecule has 27 heavy (non-hydrogen) atoms. The molecule has 10 N–H and O–H groups in total. The van der Waals surface area contributed by atoms with E-state index in [-0.39, 0.29) is 27.7 Å². The monoisotopic (exact) mass is 457 g/mol. The van der Waals surface area contributed by atoms with Gasteiger partial charge < -0.3 is 33.2 Å². The zero-order valence-corrected chi connectivity index (χ0v) is 16.4. The van der Waals surface area contributed by atoms with Gasteiger partial charge in [0.1, 0.15) is 0 Å². The van der Waals surface area contributed by atoms with Crippen LogP contribution in [0.4, 0.5) is 0 Å². The van der Waals surface area contributed by atoms with Crippen molar-refractivity contribution in [1.82, 2.24) is 9.97 Å². The van der Waals surface area contributed by atoms with Crippen LogP contribution in [-0.2, 0) is 27.7 Å². The predicted octanol–water partition coefficient (Wildman–Crippen LogP) is -0.168. The first kappa shape index (κ1) is 35.4. The Hall–Kier alpha value is -2.73. The molecule has 0 unspecified atom stereocenters. The van der Waals surface area contributed by atoms with E-state index in [2.05, 4.69) is 34.4 Å². The fourth-order valence-corrected chi connectivity index (χ4v) is 1.02. The van der Waals surface area contributed by atoms with E-state index >= 15 is 0 Å². The first-order valence-corrected chi connectivity index (χ1v) is 6.68. The van der Waals surface area contributed by atoms with Crippen LogP contribution in [0.25, 0.3) is 10.8 Å². The van der Waals surface area contributed by atoms with Crippen molar-refractivity contribution >= 4 is 46.6 Å². The van der Waals surface area contributed by atoms with Crippen LogP contribution in [0, 0.1) is 0 Å². The Balaban J connectivity index is -0.0000000856. The summed E-state index contributed by atoms with van der Waals surface area (Å²) in [6, 6.07) is 6.57. The number of nitrogens with two attached hydrogens (primary N) is 2. The normalized spacial score (nSPS) is 6.52. The molecule has 1 radical (unpaired) electrons. The van der Waals surface area contributed by atoms with Gasteiger partial charge in [0.05, 0.1) is 11.1 Å². The Bertz CT molecular complexity index is 634. The average molecular weight is 457 g/mol. The average Bonchev–Trinajstić information content (AvgIpc) is 2.58. The molecule has 0 aromatic carbocycles. The number of amides is 2. The van der Waals surface area contributed by atoms with Crippen molar-refractivity contribution in [1.29, 1.82) is 0 Å². The second kappa shape index (κ2) is 25.5. The minimum Gasteiger partial charge on any atom is -0.753 e. The zero-order valence-electron chi connectivity index (χ0n) is 13.7. The van der Waals surface area contributed by atoms with Gasteiger partial charge in [-0.15, -0.1) is 0 Å². The molecule has 0 atom stereocenters. The molecular weight excluding hydrogens is 439 g/mol. The second-order valence-corrected chi connectivity index (χ2v) is 3.76. The van der Waals surface area contributed by atoms with Crippen molar-refractivity contribution in [3.05, 3.63) is 71.0 Å². The summed E-state index contributed by atoms with van der Waals surface area (Å²) in [5, 5.41) is 16.9. The molecule has 0 bridgehead atoms. The summed E-state index contributed by atoms with van der Waals surface area (Å²) in [6.07, 6.45) is 6.05. The van der Waals surface area contributed by atoms with E-state index in [1.54, 1.807) is 36.7 Å². The molecule has 147 valence electrons. The van der Waals surface area contributed by atoms with Gasteiger partial charge in [0.2, 0.25) is 11.8 Å². The van der Waals surface area contributed by atoms with Crippen LogP contribution < -0.4 is 11.5 Å². The number of carbonyl (C=O) groups excluding carboxylic acids is 2. The summed E-state index contributed by atoms with van der Waals surface area (Å²) in [4.78, 5) is 28.2. The van der Waals surface area contributed by atoms with Crippen molar-refractivity contribution in [2.24, 2.45) is 11.5 Å². The third-order valence-corrected chi connectivity index (χ3v) is 1.89. The Labute approximate surface area is 176 Å². The molecule has 10 nitrogen and oxygen atoms in total. The summed E-state index contributed by atoms with van der Waals surface area (Å²) in [7, 11) is 0. The minimum absolute atomic E-state index is 0. The fraction of sp³-hybridized carbons (Fsp3) is 0. The van der Waals surface area contributed by atoms with Crippen LogP contribution in [0.1, 0.15) is 20.7 Å². The van der Waals surface area contributed by atoms with Crippen LogP contribution in [0.2, 0.25) is 0 Å². The maximum Gasteiger partial charge on any atom is 2.00 e. The van der Waals surface area contributed by atoms with Gasteiger partial charge in [-0.1, -0.05) is 24.4 Å². The Morgan fingerprint density at radius 1 is 0.852 bits per heavy atom. The largest absolute Gasteiger partial charge is 2.00 e. The molecule has 2 aromatic heterocycles. The molecule has 0 fully saturated rings. The number of hydrogen-bond donors (Lipinski definition) is 2.